The van der Waals surface area contributed by atoms with E-state index in [-0.39, 0.29) is 11.8 Å². The number of sulfone groups is 1. The van der Waals surface area contributed by atoms with Crippen molar-refractivity contribution in [1.29, 1.82) is 0 Å². The molecule has 2 N–H and O–H groups in total. The topological polar surface area (TPSA) is 63.4 Å². The Hall–Kier alpha value is -0.590. The van der Waals surface area contributed by atoms with Gasteiger partial charge in [0.05, 0.1) is 11.5 Å². The second-order valence-corrected chi connectivity index (χ2v) is 8.12. The van der Waals surface area contributed by atoms with Crippen LogP contribution in [0.25, 0.3) is 0 Å². The molecule has 1 aromatic carbocycles. The molecule has 1 heterocycles. The summed E-state index contributed by atoms with van der Waals surface area (Å²) in [5.74, 6) is 0.542. The molecular weight excluding hydrogens is 328 g/mol. The lowest BCUT2D eigenvalue weighted by molar-refractivity contribution is 0.600. The Morgan fingerprint density at radius 2 is 2.21 bits per heavy atom. The molecule has 1 atom stereocenters. The number of hydrogen-bond donors (Lipinski definition) is 1. The van der Waals surface area contributed by atoms with Gasteiger partial charge < -0.3 is 10.6 Å². The van der Waals surface area contributed by atoms with E-state index in [1.54, 1.807) is 0 Å². The number of nitrogens with zero attached hydrogens (tertiary/aromatic N) is 1. The fourth-order valence-electron chi connectivity index (χ4n) is 2.51. The summed E-state index contributed by atoms with van der Waals surface area (Å²) >= 11 is 3.47. The molecular formula is C13H19BrN2O2S. The van der Waals surface area contributed by atoms with E-state index in [0.717, 1.165) is 22.1 Å². The highest BCUT2D eigenvalue weighted by atomic mass is 79.9. The number of halogens is 1. The fraction of sp³-hybridized carbons (Fsp3) is 0.538. The van der Waals surface area contributed by atoms with E-state index in [1.807, 2.05) is 25.2 Å². The maximum Gasteiger partial charge on any atom is 0.152 e. The molecule has 1 unspecified atom stereocenters. The second kappa shape index (κ2) is 5.81. The lowest BCUT2D eigenvalue weighted by atomic mass is 10.1. The van der Waals surface area contributed by atoms with E-state index < -0.39 is 9.84 Å². The standard InChI is InChI=1S/C13H19BrN2O2S/c1-16(12-5-7-19(17,18)9-12)13-8-11(14)3-2-10(13)4-6-15/h2-3,8,12H,4-7,9,15H2,1H3. The van der Waals surface area contributed by atoms with E-state index in [9.17, 15) is 8.42 Å². The molecule has 0 bridgehead atoms. The largest absolute Gasteiger partial charge is 0.370 e. The summed E-state index contributed by atoms with van der Waals surface area (Å²) < 4.78 is 24.2. The van der Waals surface area contributed by atoms with Gasteiger partial charge in [-0.3, -0.25) is 0 Å². The fourth-order valence-corrected chi connectivity index (χ4v) is 4.63. The molecule has 1 aromatic rings. The van der Waals surface area contributed by atoms with Crippen molar-refractivity contribution in [2.45, 2.75) is 18.9 Å². The zero-order valence-electron chi connectivity index (χ0n) is 11.0. The van der Waals surface area contributed by atoms with Crippen LogP contribution >= 0.6 is 15.9 Å². The van der Waals surface area contributed by atoms with Gasteiger partial charge in [-0.2, -0.15) is 0 Å². The number of benzene rings is 1. The zero-order chi connectivity index (χ0) is 14.0. The van der Waals surface area contributed by atoms with Crippen molar-refractivity contribution >= 4 is 31.5 Å². The van der Waals surface area contributed by atoms with Gasteiger partial charge in [-0.25, -0.2) is 8.42 Å². The lowest BCUT2D eigenvalue weighted by Crippen LogP contribution is -2.33. The summed E-state index contributed by atoms with van der Waals surface area (Å²) in [6.45, 7) is 0.589. The SMILES string of the molecule is CN(c1cc(Br)ccc1CCN)C1CCS(=O)(=O)C1. The third-order valence-corrected chi connectivity index (χ3v) is 5.84. The predicted molar refractivity (Wildman–Crippen MR) is 82.4 cm³/mol. The van der Waals surface area contributed by atoms with Crippen molar-refractivity contribution < 1.29 is 8.42 Å². The van der Waals surface area contributed by atoms with Crippen molar-refractivity contribution in [3.63, 3.8) is 0 Å². The average Bonchev–Trinajstić information content (AvgIpc) is 2.71. The van der Waals surface area contributed by atoms with E-state index in [0.29, 0.717) is 18.7 Å². The van der Waals surface area contributed by atoms with Gasteiger partial charge in [0.2, 0.25) is 0 Å². The molecule has 2 rings (SSSR count). The molecule has 6 heteroatoms. The highest BCUT2D eigenvalue weighted by Crippen LogP contribution is 2.29. The van der Waals surface area contributed by atoms with Crippen LogP contribution in [0.3, 0.4) is 0 Å². The maximum atomic E-state index is 11.6. The highest BCUT2D eigenvalue weighted by molar-refractivity contribution is 9.10. The third kappa shape index (κ3) is 3.49. The summed E-state index contributed by atoms with van der Waals surface area (Å²) in [6, 6.07) is 6.14. The first-order valence-electron chi connectivity index (χ1n) is 6.35. The molecule has 1 aliphatic heterocycles. The molecule has 0 spiro atoms. The Morgan fingerprint density at radius 1 is 1.47 bits per heavy atom. The monoisotopic (exact) mass is 346 g/mol. The number of rotatable bonds is 4. The average molecular weight is 347 g/mol. The predicted octanol–water partition coefficient (Wildman–Crippen LogP) is 1.57. The summed E-state index contributed by atoms with van der Waals surface area (Å²) in [4.78, 5) is 2.08. The molecule has 0 radical (unpaired) electrons. The Kier molecular flexibility index (Phi) is 4.53. The lowest BCUT2D eigenvalue weighted by Gasteiger charge is -2.28. The molecule has 4 nitrogen and oxygen atoms in total. The molecule has 1 saturated heterocycles. The Labute approximate surface area is 123 Å². The number of hydrogen-bond acceptors (Lipinski definition) is 4. The number of nitrogens with two attached hydrogens (primary N) is 1. The summed E-state index contributed by atoms with van der Waals surface area (Å²) in [7, 11) is -0.896. The van der Waals surface area contributed by atoms with Crippen molar-refractivity contribution in [3.8, 4) is 0 Å². The van der Waals surface area contributed by atoms with Crippen LogP contribution in [0.1, 0.15) is 12.0 Å². The third-order valence-electron chi connectivity index (χ3n) is 3.60. The van der Waals surface area contributed by atoms with Crippen LogP contribution in [0.2, 0.25) is 0 Å². The first-order valence-corrected chi connectivity index (χ1v) is 8.96. The van der Waals surface area contributed by atoms with Gasteiger partial charge in [0.15, 0.2) is 9.84 Å². The normalized spacial score (nSPS) is 21.5. The van der Waals surface area contributed by atoms with Crippen LogP contribution in [-0.4, -0.2) is 39.6 Å². The van der Waals surface area contributed by atoms with Crippen LogP contribution in [0.15, 0.2) is 22.7 Å². The quantitative estimate of drug-likeness (QED) is 0.898. The van der Waals surface area contributed by atoms with E-state index in [2.05, 4.69) is 20.8 Å². The summed E-state index contributed by atoms with van der Waals surface area (Å²) in [6.07, 6.45) is 1.50. The molecule has 0 amide bonds. The van der Waals surface area contributed by atoms with Crippen LogP contribution in [0.4, 0.5) is 5.69 Å². The Morgan fingerprint density at radius 3 is 2.79 bits per heavy atom. The first kappa shape index (κ1) is 14.8. The molecule has 19 heavy (non-hydrogen) atoms. The molecule has 1 aliphatic rings. The smallest absolute Gasteiger partial charge is 0.152 e. The maximum absolute atomic E-state index is 11.6. The number of anilines is 1. The van der Waals surface area contributed by atoms with E-state index in [4.69, 9.17) is 5.73 Å². The Bertz CT molecular complexity index is 560. The Balaban J connectivity index is 2.27. The van der Waals surface area contributed by atoms with E-state index in [1.165, 1.54) is 0 Å². The van der Waals surface area contributed by atoms with Crippen molar-refractivity contribution in [3.05, 3.63) is 28.2 Å². The van der Waals surface area contributed by atoms with Crippen molar-refractivity contribution in [1.82, 2.24) is 0 Å². The van der Waals surface area contributed by atoms with Crippen LogP contribution < -0.4 is 10.6 Å². The van der Waals surface area contributed by atoms with Gasteiger partial charge in [-0.05, 0) is 37.1 Å². The van der Waals surface area contributed by atoms with Crippen LogP contribution in [-0.2, 0) is 16.3 Å². The van der Waals surface area contributed by atoms with Crippen LogP contribution in [0.5, 0.6) is 0 Å². The van der Waals surface area contributed by atoms with Crippen LogP contribution in [0, 0.1) is 0 Å². The minimum atomic E-state index is -2.86. The summed E-state index contributed by atoms with van der Waals surface area (Å²) in [5.41, 5.74) is 7.87. The first-order chi connectivity index (χ1) is 8.93. The van der Waals surface area contributed by atoms with Gasteiger partial charge >= 0.3 is 0 Å². The minimum absolute atomic E-state index is 0.0656. The van der Waals surface area contributed by atoms with Gasteiger partial charge in [0, 0.05) is 23.2 Å². The van der Waals surface area contributed by atoms with Gasteiger partial charge in [-0.1, -0.05) is 22.0 Å². The molecule has 0 aliphatic carbocycles. The minimum Gasteiger partial charge on any atom is -0.370 e. The van der Waals surface area contributed by atoms with E-state index >= 15 is 0 Å². The van der Waals surface area contributed by atoms with Crippen molar-refractivity contribution in [2.24, 2.45) is 5.73 Å². The second-order valence-electron chi connectivity index (χ2n) is 4.98. The van der Waals surface area contributed by atoms with Crippen molar-refractivity contribution in [2.75, 3.05) is 30.0 Å². The molecule has 1 fully saturated rings. The zero-order valence-corrected chi connectivity index (χ0v) is 13.4. The molecule has 106 valence electrons. The molecule has 0 aromatic heterocycles. The molecule has 0 saturated carbocycles. The summed E-state index contributed by atoms with van der Waals surface area (Å²) in [5, 5.41) is 0. The van der Waals surface area contributed by atoms with Gasteiger partial charge in [0.1, 0.15) is 0 Å². The van der Waals surface area contributed by atoms with Gasteiger partial charge in [0.25, 0.3) is 0 Å². The highest BCUT2D eigenvalue weighted by Gasteiger charge is 2.31. The van der Waals surface area contributed by atoms with Gasteiger partial charge in [-0.15, -0.1) is 0 Å².